The quantitative estimate of drug-likeness (QED) is 0.939. The van der Waals surface area contributed by atoms with Gasteiger partial charge in [0.25, 0.3) is 0 Å². The third-order valence-electron chi connectivity index (χ3n) is 4.54. The molecule has 0 radical (unpaired) electrons. The maximum Gasteiger partial charge on any atom is 0.0723 e. The number of likely N-dealkylation sites (N-methyl/N-ethyl adjacent to an activating group) is 2. The van der Waals surface area contributed by atoms with E-state index >= 15 is 0 Å². The molecule has 1 atom stereocenters. The van der Waals surface area contributed by atoms with E-state index in [1.54, 1.807) is 0 Å². The molecule has 1 aromatic heterocycles. The van der Waals surface area contributed by atoms with Gasteiger partial charge in [-0.25, -0.2) is 0 Å². The van der Waals surface area contributed by atoms with Gasteiger partial charge in [0, 0.05) is 43.3 Å². The van der Waals surface area contributed by atoms with Gasteiger partial charge in [-0.05, 0) is 32.5 Å². The zero-order chi connectivity index (χ0) is 14.8. The summed E-state index contributed by atoms with van der Waals surface area (Å²) in [5, 5.41) is 1.20. The molecule has 112 valence electrons. The molecule has 4 nitrogen and oxygen atoms in total. The van der Waals surface area contributed by atoms with Crippen molar-refractivity contribution in [2.45, 2.75) is 25.4 Å². The fraction of sp³-hybridized carbons (Fsp3) is 0.471. The van der Waals surface area contributed by atoms with Crippen molar-refractivity contribution in [3.05, 3.63) is 36.0 Å². The number of nitrogens with zero attached hydrogens (tertiary/aromatic N) is 3. The molecule has 1 fully saturated rings. The number of benzene rings is 1. The van der Waals surface area contributed by atoms with Gasteiger partial charge in [-0.15, -0.1) is 0 Å². The Kier molecular flexibility index (Phi) is 4.08. The molecule has 0 aliphatic carbocycles. The highest BCUT2D eigenvalue weighted by Gasteiger charge is 2.24. The number of fused-ring (bicyclic) bond motifs is 1. The lowest BCUT2D eigenvalue weighted by atomic mass is 10.0. The number of rotatable bonds is 3. The van der Waals surface area contributed by atoms with Crippen molar-refractivity contribution in [3.8, 4) is 0 Å². The van der Waals surface area contributed by atoms with Crippen molar-refractivity contribution in [2.75, 3.05) is 32.1 Å². The zero-order valence-electron chi connectivity index (χ0n) is 12.9. The first-order chi connectivity index (χ1) is 10.2. The Labute approximate surface area is 126 Å². The average Bonchev–Trinajstić information content (AvgIpc) is 2.53. The molecule has 2 N–H and O–H groups in total. The van der Waals surface area contributed by atoms with Crippen LogP contribution >= 0.6 is 0 Å². The second-order valence-electron chi connectivity index (χ2n) is 6.02. The Balaban J connectivity index is 2.04. The Bertz CT molecular complexity index is 625. The van der Waals surface area contributed by atoms with Crippen molar-refractivity contribution in [1.82, 2.24) is 9.88 Å². The third kappa shape index (κ3) is 2.74. The lowest BCUT2D eigenvalue weighted by molar-refractivity contribution is 0.248. The molecule has 1 aliphatic rings. The minimum atomic E-state index is 0.528. The van der Waals surface area contributed by atoms with Gasteiger partial charge in [-0.1, -0.05) is 18.2 Å². The van der Waals surface area contributed by atoms with Gasteiger partial charge in [-0.3, -0.25) is 4.98 Å². The predicted octanol–water partition coefficient (Wildman–Crippen LogP) is 2.22. The molecule has 1 aliphatic heterocycles. The van der Waals surface area contributed by atoms with Crippen LogP contribution in [0.3, 0.4) is 0 Å². The molecule has 0 bridgehead atoms. The highest BCUT2D eigenvalue weighted by Crippen LogP contribution is 2.31. The maximum atomic E-state index is 5.96. The molecular weight excluding hydrogens is 260 g/mol. The number of piperidine rings is 1. The normalized spacial score (nSPS) is 19.9. The van der Waals surface area contributed by atoms with Crippen LogP contribution in [0.4, 0.5) is 5.69 Å². The van der Waals surface area contributed by atoms with E-state index in [9.17, 15) is 0 Å². The van der Waals surface area contributed by atoms with Crippen LogP contribution in [0.1, 0.15) is 18.4 Å². The largest absolute Gasteiger partial charge is 0.369 e. The summed E-state index contributed by atoms with van der Waals surface area (Å²) in [4.78, 5) is 9.37. The molecular formula is C17H24N4. The summed E-state index contributed by atoms with van der Waals surface area (Å²) in [7, 11) is 4.40. The number of likely N-dealkylation sites (tertiary alicyclic amines) is 1. The summed E-state index contributed by atoms with van der Waals surface area (Å²) in [5.41, 5.74) is 9.38. The Morgan fingerprint density at radius 3 is 2.95 bits per heavy atom. The van der Waals surface area contributed by atoms with E-state index < -0.39 is 0 Å². The van der Waals surface area contributed by atoms with Crippen molar-refractivity contribution < 1.29 is 0 Å². The van der Waals surface area contributed by atoms with Crippen LogP contribution in [0.25, 0.3) is 10.9 Å². The molecule has 1 unspecified atom stereocenters. The van der Waals surface area contributed by atoms with Gasteiger partial charge in [0.05, 0.1) is 11.2 Å². The van der Waals surface area contributed by atoms with E-state index in [1.807, 2.05) is 12.3 Å². The summed E-state index contributed by atoms with van der Waals surface area (Å²) in [6.07, 6.45) is 4.43. The third-order valence-corrected chi connectivity index (χ3v) is 4.54. The number of anilines is 1. The molecule has 2 heterocycles. The standard InChI is InChI=1S/C17H24N4/c1-20-9-5-6-14(12-20)21(2)17-13(10-18)11-19-16-8-4-3-7-15(16)17/h3-4,7-8,11,14H,5-6,9-10,12,18H2,1-2H3. The first kappa shape index (κ1) is 14.3. The summed E-state index contributed by atoms with van der Waals surface area (Å²) < 4.78 is 0. The topological polar surface area (TPSA) is 45.4 Å². The molecule has 1 aromatic carbocycles. The predicted molar refractivity (Wildman–Crippen MR) is 88.6 cm³/mol. The van der Waals surface area contributed by atoms with E-state index in [0.717, 1.165) is 17.6 Å². The van der Waals surface area contributed by atoms with Crippen molar-refractivity contribution >= 4 is 16.6 Å². The minimum absolute atomic E-state index is 0.528. The van der Waals surface area contributed by atoms with Gasteiger partial charge in [0.15, 0.2) is 0 Å². The van der Waals surface area contributed by atoms with Gasteiger partial charge < -0.3 is 15.5 Å². The Morgan fingerprint density at radius 2 is 2.19 bits per heavy atom. The lowest BCUT2D eigenvalue weighted by Crippen LogP contribution is -2.45. The minimum Gasteiger partial charge on any atom is -0.369 e. The SMILES string of the molecule is CN1CCCC(N(C)c2c(CN)cnc3ccccc23)C1. The first-order valence-electron chi connectivity index (χ1n) is 7.68. The summed E-state index contributed by atoms with van der Waals surface area (Å²) in [6, 6.07) is 8.88. The van der Waals surface area contributed by atoms with Crippen LogP contribution in [0, 0.1) is 0 Å². The van der Waals surface area contributed by atoms with Crippen LogP contribution in [0.2, 0.25) is 0 Å². The first-order valence-corrected chi connectivity index (χ1v) is 7.68. The molecule has 2 aromatic rings. The number of aromatic nitrogens is 1. The number of hydrogen-bond acceptors (Lipinski definition) is 4. The van der Waals surface area contributed by atoms with Crippen molar-refractivity contribution in [2.24, 2.45) is 5.73 Å². The Hall–Kier alpha value is -1.65. The smallest absolute Gasteiger partial charge is 0.0723 e. The number of nitrogens with two attached hydrogens (primary N) is 1. The summed E-state index contributed by atoms with van der Waals surface area (Å²) in [5.74, 6) is 0. The van der Waals surface area contributed by atoms with E-state index in [4.69, 9.17) is 5.73 Å². The van der Waals surface area contributed by atoms with Crippen molar-refractivity contribution in [3.63, 3.8) is 0 Å². The molecule has 3 rings (SSSR count). The second kappa shape index (κ2) is 6.00. The van der Waals surface area contributed by atoms with Gasteiger partial charge in [0.2, 0.25) is 0 Å². The molecule has 0 saturated carbocycles. The fourth-order valence-electron chi connectivity index (χ4n) is 3.37. The monoisotopic (exact) mass is 284 g/mol. The number of para-hydroxylation sites is 1. The maximum absolute atomic E-state index is 5.96. The van der Waals surface area contributed by atoms with Crippen LogP contribution in [-0.4, -0.2) is 43.1 Å². The molecule has 4 heteroatoms. The van der Waals surface area contributed by atoms with E-state index in [0.29, 0.717) is 12.6 Å². The van der Waals surface area contributed by atoms with E-state index in [-0.39, 0.29) is 0 Å². The van der Waals surface area contributed by atoms with Gasteiger partial charge in [0.1, 0.15) is 0 Å². The van der Waals surface area contributed by atoms with Crippen LogP contribution in [0.5, 0.6) is 0 Å². The van der Waals surface area contributed by atoms with Crippen LogP contribution in [-0.2, 0) is 6.54 Å². The fourth-order valence-corrected chi connectivity index (χ4v) is 3.37. The van der Waals surface area contributed by atoms with Crippen molar-refractivity contribution in [1.29, 1.82) is 0 Å². The van der Waals surface area contributed by atoms with E-state index in [1.165, 1.54) is 30.5 Å². The number of hydrogen-bond donors (Lipinski definition) is 1. The van der Waals surface area contributed by atoms with Gasteiger partial charge in [-0.2, -0.15) is 0 Å². The highest BCUT2D eigenvalue weighted by atomic mass is 15.2. The molecule has 0 amide bonds. The average molecular weight is 284 g/mol. The van der Waals surface area contributed by atoms with Crippen LogP contribution in [0.15, 0.2) is 30.5 Å². The number of pyridine rings is 1. The highest BCUT2D eigenvalue weighted by molar-refractivity contribution is 5.93. The molecule has 1 saturated heterocycles. The van der Waals surface area contributed by atoms with Gasteiger partial charge >= 0.3 is 0 Å². The zero-order valence-corrected chi connectivity index (χ0v) is 12.9. The van der Waals surface area contributed by atoms with Crippen LogP contribution < -0.4 is 10.6 Å². The van der Waals surface area contributed by atoms with E-state index in [2.05, 4.69) is 47.1 Å². The molecule has 0 spiro atoms. The Morgan fingerprint density at radius 1 is 1.38 bits per heavy atom. The summed E-state index contributed by atoms with van der Waals surface area (Å²) >= 11 is 0. The second-order valence-corrected chi connectivity index (χ2v) is 6.02. The molecule has 21 heavy (non-hydrogen) atoms. The summed E-state index contributed by atoms with van der Waals surface area (Å²) in [6.45, 7) is 2.84. The lowest BCUT2D eigenvalue weighted by Gasteiger charge is -2.38.